The van der Waals surface area contributed by atoms with Gasteiger partial charge in [0.2, 0.25) is 5.91 Å². The van der Waals surface area contributed by atoms with Crippen molar-refractivity contribution in [3.63, 3.8) is 0 Å². The Morgan fingerprint density at radius 3 is 2.68 bits per heavy atom. The topological polar surface area (TPSA) is 74.6 Å². The highest BCUT2D eigenvalue weighted by Crippen LogP contribution is 2.29. The maximum atomic E-state index is 12.3. The highest BCUT2D eigenvalue weighted by atomic mass is 16.5. The van der Waals surface area contributed by atoms with E-state index >= 15 is 0 Å². The van der Waals surface area contributed by atoms with E-state index in [0.717, 1.165) is 30.6 Å². The van der Waals surface area contributed by atoms with Crippen LogP contribution in [0.1, 0.15) is 22.3 Å². The maximum absolute atomic E-state index is 12.3. The summed E-state index contributed by atoms with van der Waals surface area (Å²) in [5, 5.41) is 11.6. The number of ether oxygens (including phenoxy) is 2. The number of nitriles is 1. The predicted octanol–water partition coefficient (Wildman–Crippen LogP) is 4.49. The molecule has 0 radical (unpaired) electrons. The summed E-state index contributed by atoms with van der Waals surface area (Å²) in [5.74, 6) is 0.819. The molecular formula is C28H27N3O3. The van der Waals surface area contributed by atoms with Crippen LogP contribution in [0.2, 0.25) is 0 Å². The van der Waals surface area contributed by atoms with Gasteiger partial charge in [-0.15, -0.1) is 0 Å². The smallest absolute Gasteiger partial charge is 0.244 e. The lowest BCUT2D eigenvalue weighted by molar-refractivity contribution is -0.116. The molecule has 0 bridgehead atoms. The molecule has 0 fully saturated rings. The van der Waals surface area contributed by atoms with Crippen molar-refractivity contribution in [3.8, 4) is 17.6 Å². The highest BCUT2D eigenvalue weighted by molar-refractivity contribution is 5.91. The molecule has 1 heterocycles. The predicted molar refractivity (Wildman–Crippen MR) is 133 cm³/mol. The molecule has 6 heteroatoms. The number of benzene rings is 3. The number of nitrogens with one attached hydrogen (secondary N) is 1. The molecule has 34 heavy (non-hydrogen) atoms. The van der Waals surface area contributed by atoms with Crippen molar-refractivity contribution in [2.24, 2.45) is 0 Å². The molecule has 3 aromatic carbocycles. The molecule has 1 N–H and O–H groups in total. The number of anilines is 1. The Morgan fingerprint density at radius 2 is 1.88 bits per heavy atom. The Balaban J connectivity index is 1.28. The second kappa shape index (κ2) is 11.1. The molecular weight excluding hydrogens is 426 g/mol. The lowest BCUT2D eigenvalue weighted by Crippen LogP contribution is -2.21. The molecule has 0 atom stereocenters. The van der Waals surface area contributed by atoms with Crippen LogP contribution >= 0.6 is 0 Å². The Morgan fingerprint density at radius 1 is 1.09 bits per heavy atom. The number of hydrogen-bond acceptors (Lipinski definition) is 5. The van der Waals surface area contributed by atoms with Gasteiger partial charge >= 0.3 is 0 Å². The van der Waals surface area contributed by atoms with Gasteiger partial charge in [0.05, 0.1) is 7.11 Å². The molecule has 0 saturated carbocycles. The van der Waals surface area contributed by atoms with E-state index in [1.807, 2.05) is 6.07 Å². The van der Waals surface area contributed by atoms with Gasteiger partial charge in [-0.05, 0) is 52.9 Å². The third-order valence-electron chi connectivity index (χ3n) is 5.75. The number of para-hydroxylation sites is 1. The van der Waals surface area contributed by atoms with Crippen molar-refractivity contribution in [2.75, 3.05) is 25.2 Å². The van der Waals surface area contributed by atoms with Crippen LogP contribution in [0.5, 0.6) is 11.5 Å². The summed E-state index contributed by atoms with van der Waals surface area (Å²) in [7, 11) is 1.53. The van der Waals surface area contributed by atoms with Gasteiger partial charge in [-0.1, -0.05) is 48.5 Å². The summed E-state index contributed by atoms with van der Waals surface area (Å²) < 4.78 is 10.6. The van der Waals surface area contributed by atoms with Crippen LogP contribution in [-0.4, -0.2) is 26.2 Å². The molecule has 1 aliphatic rings. The number of rotatable bonds is 9. The van der Waals surface area contributed by atoms with E-state index in [1.165, 1.54) is 30.0 Å². The minimum Gasteiger partial charge on any atom is -0.493 e. The van der Waals surface area contributed by atoms with E-state index < -0.39 is 0 Å². The quantitative estimate of drug-likeness (QED) is 0.483. The van der Waals surface area contributed by atoms with Crippen LogP contribution in [0.3, 0.4) is 0 Å². The van der Waals surface area contributed by atoms with E-state index in [2.05, 4.69) is 58.7 Å². The van der Waals surface area contributed by atoms with E-state index in [0.29, 0.717) is 18.0 Å². The van der Waals surface area contributed by atoms with E-state index in [4.69, 9.17) is 14.7 Å². The number of carbonyl (C=O) groups excluding carboxylic acids is 1. The Hall–Kier alpha value is -4.24. The normalized spacial score (nSPS) is 12.3. The van der Waals surface area contributed by atoms with Gasteiger partial charge in [-0.2, -0.15) is 5.26 Å². The standard InChI is InChI=1S/C28H27N3O3/c1-33-27-18-21(10-12-26(27)34-17-15-29)11-13-28(32)30-19-22-6-8-23(9-7-22)20-31-16-14-24-4-2-3-5-25(24)31/h2-13,18H,14,16-17,19-20H2,1H3,(H,30,32)/b13-11+. The molecule has 6 nitrogen and oxygen atoms in total. The molecule has 0 unspecified atom stereocenters. The number of fused-ring (bicyclic) bond motifs is 1. The van der Waals surface area contributed by atoms with Crippen LogP contribution in [0.4, 0.5) is 5.69 Å². The van der Waals surface area contributed by atoms with Gasteiger partial charge in [0, 0.05) is 31.4 Å². The van der Waals surface area contributed by atoms with Crippen LogP contribution in [0, 0.1) is 11.3 Å². The van der Waals surface area contributed by atoms with Crippen LogP contribution in [0.25, 0.3) is 6.08 Å². The Labute approximate surface area is 200 Å². The first-order valence-electron chi connectivity index (χ1n) is 11.2. The average molecular weight is 454 g/mol. The number of amides is 1. The molecule has 0 spiro atoms. The number of nitrogens with zero attached hydrogens (tertiary/aromatic N) is 2. The molecule has 0 saturated heterocycles. The fourth-order valence-corrected chi connectivity index (χ4v) is 3.99. The van der Waals surface area contributed by atoms with Gasteiger partial charge in [0.25, 0.3) is 0 Å². The van der Waals surface area contributed by atoms with Gasteiger partial charge in [0.1, 0.15) is 6.07 Å². The Kier molecular flexibility index (Phi) is 7.46. The van der Waals surface area contributed by atoms with Crippen molar-refractivity contribution >= 4 is 17.7 Å². The minimum absolute atomic E-state index is 0.0544. The summed E-state index contributed by atoms with van der Waals surface area (Å²) >= 11 is 0. The molecule has 4 rings (SSSR count). The summed E-state index contributed by atoms with van der Waals surface area (Å²) in [6.45, 7) is 2.34. The first kappa shape index (κ1) is 22.9. The number of hydrogen-bond donors (Lipinski definition) is 1. The zero-order valence-electron chi connectivity index (χ0n) is 19.2. The van der Waals surface area contributed by atoms with Gasteiger partial charge in [0.15, 0.2) is 18.1 Å². The molecule has 1 amide bonds. The monoisotopic (exact) mass is 453 g/mol. The van der Waals surface area contributed by atoms with Crippen molar-refractivity contribution in [1.29, 1.82) is 5.26 Å². The zero-order valence-corrected chi connectivity index (χ0v) is 19.2. The van der Waals surface area contributed by atoms with Crippen LogP contribution in [0.15, 0.2) is 72.8 Å². The summed E-state index contributed by atoms with van der Waals surface area (Å²) in [5.41, 5.74) is 5.84. The van der Waals surface area contributed by atoms with Gasteiger partial charge in [-0.25, -0.2) is 0 Å². The largest absolute Gasteiger partial charge is 0.493 e. The minimum atomic E-state index is -0.179. The maximum Gasteiger partial charge on any atom is 0.244 e. The van der Waals surface area contributed by atoms with Crippen LogP contribution in [-0.2, 0) is 24.3 Å². The first-order valence-corrected chi connectivity index (χ1v) is 11.2. The Bertz CT molecular complexity index is 1210. The van der Waals surface area contributed by atoms with E-state index in [9.17, 15) is 4.79 Å². The molecule has 1 aliphatic heterocycles. The van der Waals surface area contributed by atoms with E-state index in [1.54, 1.807) is 24.3 Å². The van der Waals surface area contributed by atoms with Crippen LogP contribution < -0.4 is 19.7 Å². The van der Waals surface area contributed by atoms with Gasteiger partial charge in [-0.3, -0.25) is 4.79 Å². The average Bonchev–Trinajstić information content (AvgIpc) is 3.28. The number of methoxy groups -OCH3 is 1. The second-order valence-electron chi connectivity index (χ2n) is 8.02. The third kappa shape index (κ3) is 5.76. The molecule has 3 aromatic rings. The van der Waals surface area contributed by atoms with Crippen molar-refractivity contribution in [1.82, 2.24) is 5.32 Å². The van der Waals surface area contributed by atoms with Gasteiger partial charge < -0.3 is 19.7 Å². The van der Waals surface area contributed by atoms with Crippen molar-refractivity contribution in [2.45, 2.75) is 19.5 Å². The summed E-state index contributed by atoms with van der Waals surface area (Å²) in [6.07, 6.45) is 4.30. The first-order chi connectivity index (χ1) is 16.7. The summed E-state index contributed by atoms with van der Waals surface area (Å²) in [4.78, 5) is 14.7. The lowest BCUT2D eigenvalue weighted by Gasteiger charge is -2.19. The molecule has 172 valence electrons. The molecule has 0 aliphatic carbocycles. The zero-order chi connectivity index (χ0) is 23.8. The number of carbonyl (C=O) groups is 1. The molecule has 0 aromatic heterocycles. The lowest BCUT2D eigenvalue weighted by atomic mass is 10.1. The van der Waals surface area contributed by atoms with E-state index in [-0.39, 0.29) is 12.5 Å². The fraction of sp³-hybridized carbons (Fsp3) is 0.214. The van der Waals surface area contributed by atoms with Crippen molar-refractivity contribution in [3.05, 3.63) is 95.1 Å². The van der Waals surface area contributed by atoms with Crippen molar-refractivity contribution < 1.29 is 14.3 Å². The third-order valence-corrected chi connectivity index (χ3v) is 5.75. The SMILES string of the molecule is COc1cc(/C=C/C(=O)NCc2ccc(CN3CCc4ccccc43)cc2)ccc1OCC#N. The highest BCUT2D eigenvalue weighted by Gasteiger charge is 2.18. The fourth-order valence-electron chi connectivity index (χ4n) is 3.99. The second-order valence-corrected chi connectivity index (χ2v) is 8.02. The summed E-state index contributed by atoms with van der Waals surface area (Å²) in [6, 6.07) is 24.2.